The van der Waals surface area contributed by atoms with Crippen molar-refractivity contribution in [3.8, 4) is 0 Å². The van der Waals surface area contributed by atoms with Crippen LogP contribution < -0.4 is 0 Å². The Hall–Kier alpha value is 0.140. The quantitative estimate of drug-likeness (QED) is 0.342. The number of rotatable bonds is 4. The Morgan fingerprint density at radius 1 is 1.55 bits per heavy atom. The average molecular weight is 166 g/mol. The van der Waals surface area contributed by atoms with Crippen LogP contribution in [0.2, 0.25) is 0 Å². The molecule has 0 amide bonds. The Bertz CT molecular complexity index is 156. The SMILES string of the molecule is CCCC([C](=O)[Na])C(=O)OC. The molecule has 0 saturated carbocycles. The summed E-state index contributed by atoms with van der Waals surface area (Å²) < 4.78 is 4.52. The van der Waals surface area contributed by atoms with Gasteiger partial charge in [-0.05, 0) is 0 Å². The van der Waals surface area contributed by atoms with Gasteiger partial charge < -0.3 is 0 Å². The van der Waals surface area contributed by atoms with Crippen molar-refractivity contribution in [3.05, 3.63) is 0 Å². The molecule has 3 nitrogen and oxygen atoms in total. The molecule has 11 heavy (non-hydrogen) atoms. The van der Waals surface area contributed by atoms with Gasteiger partial charge in [0.2, 0.25) is 0 Å². The summed E-state index contributed by atoms with van der Waals surface area (Å²) in [4.78, 5) is 21.8. The summed E-state index contributed by atoms with van der Waals surface area (Å²) in [5.41, 5.74) is 0. The molecular weight excluding hydrogens is 155 g/mol. The van der Waals surface area contributed by atoms with Crippen LogP contribution in [0.3, 0.4) is 0 Å². The normalized spacial score (nSPS) is 12.4. The number of hydrogen-bond donors (Lipinski definition) is 0. The van der Waals surface area contributed by atoms with E-state index in [1.54, 1.807) is 0 Å². The average Bonchev–Trinajstić information content (AvgIpc) is 1.98. The minimum absolute atomic E-state index is 0.0266. The van der Waals surface area contributed by atoms with Gasteiger partial charge in [-0.2, -0.15) is 0 Å². The Balaban J connectivity index is 4.09. The molecule has 0 aliphatic rings. The van der Waals surface area contributed by atoms with E-state index in [9.17, 15) is 9.59 Å². The number of carbonyl (C=O) groups excluding carboxylic acids is 2. The zero-order valence-electron chi connectivity index (χ0n) is 7.22. The molecule has 0 aromatic heterocycles. The van der Waals surface area contributed by atoms with Crippen LogP contribution in [0.4, 0.5) is 0 Å². The van der Waals surface area contributed by atoms with Crippen LogP contribution in [-0.2, 0) is 14.3 Å². The minimum atomic E-state index is -0.489. The zero-order chi connectivity index (χ0) is 8.85. The van der Waals surface area contributed by atoms with Gasteiger partial charge in [0.25, 0.3) is 0 Å². The Labute approximate surface area is 83.9 Å². The van der Waals surface area contributed by atoms with Crippen molar-refractivity contribution in [2.24, 2.45) is 5.92 Å². The van der Waals surface area contributed by atoms with Gasteiger partial charge in [0.1, 0.15) is 0 Å². The van der Waals surface area contributed by atoms with Gasteiger partial charge in [-0.3, -0.25) is 0 Å². The first-order chi connectivity index (χ1) is 5.13. The number of methoxy groups -OCH3 is 1. The molecule has 0 aromatic carbocycles. The van der Waals surface area contributed by atoms with E-state index in [-0.39, 0.29) is 9.00 Å². The molecule has 0 spiro atoms. The predicted molar refractivity (Wildman–Crippen MR) is 41.2 cm³/mol. The van der Waals surface area contributed by atoms with Gasteiger partial charge in [-0.15, -0.1) is 0 Å². The molecule has 0 N–H and O–H groups in total. The molecule has 0 saturated heterocycles. The first-order valence-electron chi connectivity index (χ1n) is 3.71. The standard InChI is InChI=1S/C7H11O3.Na/c1-3-4-6(5-8)7(9)10-2;/h6H,3-4H2,1-2H3;. The van der Waals surface area contributed by atoms with Crippen molar-refractivity contribution >= 4 is 36.9 Å². The molecule has 0 aliphatic carbocycles. The molecule has 58 valence electrons. The Kier molecular flexibility index (Phi) is 5.82. The van der Waals surface area contributed by atoms with Crippen molar-refractivity contribution < 1.29 is 14.3 Å². The van der Waals surface area contributed by atoms with E-state index in [2.05, 4.69) is 4.74 Å². The van der Waals surface area contributed by atoms with Gasteiger partial charge in [-0.1, -0.05) is 0 Å². The van der Waals surface area contributed by atoms with E-state index in [1.807, 2.05) is 6.92 Å². The molecule has 0 heterocycles. The Morgan fingerprint density at radius 2 is 2.09 bits per heavy atom. The summed E-state index contributed by atoms with van der Waals surface area (Å²) in [6.45, 7) is 1.94. The molecule has 0 bridgehead atoms. The first kappa shape index (κ1) is 11.1. The van der Waals surface area contributed by atoms with E-state index >= 15 is 0 Å². The van der Waals surface area contributed by atoms with Crippen molar-refractivity contribution in [1.82, 2.24) is 0 Å². The summed E-state index contributed by atoms with van der Waals surface area (Å²) in [6, 6.07) is 0. The van der Waals surface area contributed by atoms with Gasteiger partial charge in [-0.25, -0.2) is 0 Å². The van der Waals surface area contributed by atoms with Gasteiger partial charge in [0.05, 0.1) is 0 Å². The third-order valence-corrected chi connectivity index (χ3v) is 2.25. The monoisotopic (exact) mass is 166 g/mol. The molecular formula is C7H11NaO3. The van der Waals surface area contributed by atoms with Crippen LogP contribution in [0.5, 0.6) is 0 Å². The van der Waals surface area contributed by atoms with Crippen LogP contribution in [0.15, 0.2) is 0 Å². The fraction of sp³-hybridized carbons (Fsp3) is 0.714. The number of esters is 1. The fourth-order valence-electron chi connectivity index (χ4n) is 0.918. The van der Waals surface area contributed by atoms with E-state index in [1.165, 1.54) is 7.11 Å². The zero-order valence-corrected chi connectivity index (χ0v) is 9.22. The van der Waals surface area contributed by atoms with Crippen LogP contribution in [0.25, 0.3) is 0 Å². The second-order valence-electron chi connectivity index (χ2n) is 2.48. The molecule has 0 aromatic rings. The first-order valence-corrected chi connectivity index (χ1v) is 4.71. The van der Waals surface area contributed by atoms with Crippen LogP contribution >= 0.6 is 0 Å². The maximum atomic E-state index is 10.9. The fourth-order valence-corrected chi connectivity index (χ4v) is 1.44. The predicted octanol–water partition coefficient (Wildman–Crippen LogP) is 0.271. The van der Waals surface area contributed by atoms with Gasteiger partial charge in [0.15, 0.2) is 0 Å². The number of carbonyl (C=O) groups is 2. The van der Waals surface area contributed by atoms with E-state index < -0.39 is 5.92 Å². The van der Waals surface area contributed by atoms with Crippen LogP contribution in [0, 0.1) is 5.92 Å². The second-order valence-corrected chi connectivity index (χ2v) is 3.46. The topological polar surface area (TPSA) is 43.4 Å². The number of hydrogen-bond acceptors (Lipinski definition) is 3. The molecule has 0 radical (unpaired) electrons. The maximum absolute atomic E-state index is 10.9. The second kappa shape index (κ2) is 5.75. The summed E-state index contributed by atoms with van der Waals surface area (Å²) in [5.74, 6) is -0.872. The van der Waals surface area contributed by atoms with Crippen molar-refractivity contribution in [2.75, 3.05) is 7.11 Å². The van der Waals surface area contributed by atoms with E-state index in [4.69, 9.17) is 0 Å². The molecule has 0 aliphatic heterocycles. The molecule has 4 heteroatoms. The number of ether oxygens (including phenoxy) is 1. The Morgan fingerprint density at radius 3 is 2.36 bits per heavy atom. The summed E-state index contributed by atoms with van der Waals surface area (Å²) >= 11 is 0.429. The van der Waals surface area contributed by atoms with Crippen molar-refractivity contribution in [2.45, 2.75) is 19.8 Å². The van der Waals surface area contributed by atoms with Crippen molar-refractivity contribution in [3.63, 3.8) is 0 Å². The molecule has 0 fully saturated rings. The van der Waals surface area contributed by atoms with Crippen LogP contribution in [0.1, 0.15) is 19.8 Å². The third-order valence-electron chi connectivity index (χ3n) is 1.55. The third kappa shape index (κ3) is 3.89. The van der Waals surface area contributed by atoms with Crippen LogP contribution in [-0.4, -0.2) is 44.0 Å². The van der Waals surface area contributed by atoms with E-state index in [0.717, 1.165) is 6.42 Å². The molecule has 1 atom stereocenters. The van der Waals surface area contributed by atoms with Crippen molar-refractivity contribution in [1.29, 1.82) is 0 Å². The molecule has 1 unspecified atom stereocenters. The van der Waals surface area contributed by atoms with Gasteiger partial charge >= 0.3 is 84.1 Å². The molecule has 0 rings (SSSR count). The van der Waals surface area contributed by atoms with Gasteiger partial charge in [0, 0.05) is 0 Å². The summed E-state index contributed by atoms with van der Waals surface area (Å²) in [5, 5.41) is 0. The van der Waals surface area contributed by atoms with E-state index in [0.29, 0.717) is 34.4 Å². The summed E-state index contributed by atoms with van der Waals surface area (Å²) in [7, 11) is 1.31. The summed E-state index contributed by atoms with van der Waals surface area (Å²) in [6.07, 6.45) is 1.46.